The molecule has 7 heteroatoms. The minimum absolute atomic E-state index is 0.0457. The minimum Gasteiger partial charge on any atom is -0.481 e. The molecular weight excluding hydrogens is 316 g/mol. The molecule has 1 N–H and O–H groups in total. The summed E-state index contributed by atoms with van der Waals surface area (Å²) in [5.74, 6) is -0.805. The number of carboxylic acid groups (broad SMARTS) is 1. The molecule has 0 aromatic heterocycles. The van der Waals surface area contributed by atoms with Gasteiger partial charge in [-0.1, -0.05) is 25.1 Å². The highest BCUT2D eigenvalue weighted by Gasteiger charge is 2.42. The number of anilines is 1. The second-order valence-corrected chi connectivity index (χ2v) is 6.63. The molecule has 0 radical (unpaired) electrons. The summed E-state index contributed by atoms with van der Waals surface area (Å²) in [5.41, 5.74) is 1.30. The molecule has 0 spiro atoms. The van der Waals surface area contributed by atoms with Crippen molar-refractivity contribution in [3.05, 3.63) is 29.8 Å². The number of fused-ring (bicyclic) bond motifs is 1. The summed E-state index contributed by atoms with van der Waals surface area (Å²) in [6, 6.07) is 6.58. The van der Waals surface area contributed by atoms with Crippen LogP contribution < -0.4 is 4.90 Å². The van der Waals surface area contributed by atoms with Gasteiger partial charge in [-0.3, -0.25) is 14.4 Å². The highest BCUT2D eigenvalue weighted by atomic mass is 32.2. The highest BCUT2D eigenvalue weighted by molar-refractivity contribution is 7.99. The summed E-state index contributed by atoms with van der Waals surface area (Å²) in [4.78, 5) is 39.5. The first-order chi connectivity index (χ1) is 11.0. The van der Waals surface area contributed by atoms with Crippen LogP contribution in [-0.2, 0) is 14.4 Å². The molecule has 2 unspecified atom stereocenters. The lowest BCUT2D eigenvalue weighted by molar-refractivity contribution is -0.139. The molecule has 1 fully saturated rings. The zero-order valence-electron chi connectivity index (χ0n) is 12.8. The Balaban J connectivity index is 1.89. The topological polar surface area (TPSA) is 77.9 Å². The van der Waals surface area contributed by atoms with Crippen molar-refractivity contribution in [2.24, 2.45) is 0 Å². The number of carboxylic acids is 1. The normalized spacial score (nSPS) is 23.0. The predicted molar refractivity (Wildman–Crippen MR) is 87.4 cm³/mol. The number of carbonyl (C=O) groups excluding carboxylic acids is 2. The van der Waals surface area contributed by atoms with E-state index in [-0.39, 0.29) is 18.4 Å². The van der Waals surface area contributed by atoms with Crippen LogP contribution in [-0.4, -0.2) is 52.0 Å². The number of hydrogen-bond acceptors (Lipinski definition) is 4. The number of rotatable bonds is 3. The number of thioether (sulfide) groups is 1. The Labute approximate surface area is 138 Å². The molecule has 2 amide bonds. The van der Waals surface area contributed by atoms with Crippen LogP contribution in [0.2, 0.25) is 0 Å². The van der Waals surface area contributed by atoms with Crippen molar-refractivity contribution >= 4 is 35.2 Å². The maximum atomic E-state index is 12.9. The third-order valence-corrected chi connectivity index (χ3v) is 5.33. The maximum absolute atomic E-state index is 12.9. The van der Waals surface area contributed by atoms with E-state index < -0.39 is 17.9 Å². The van der Waals surface area contributed by atoms with Crippen LogP contribution in [0.25, 0.3) is 0 Å². The molecule has 2 heterocycles. The van der Waals surface area contributed by atoms with Crippen molar-refractivity contribution in [1.29, 1.82) is 0 Å². The van der Waals surface area contributed by atoms with Crippen LogP contribution in [0.1, 0.15) is 24.8 Å². The van der Waals surface area contributed by atoms with Gasteiger partial charge in [-0.25, -0.2) is 0 Å². The van der Waals surface area contributed by atoms with Gasteiger partial charge in [0.2, 0.25) is 5.91 Å². The van der Waals surface area contributed by atoms with Crippen molar-refractivity contribution in [3.8, 4) is 0 Å². The first kappa shape index (κ1) is 15.9. The second kappa shape index (κ2) is 6.23. The number of aliphatic carboxylic acids is 1. The first-order valence-electron chi connectivity index (χ1n) is 7.55. The van der Waals surface area contributed by atoms with Crippen LogP contribution >= 0.6 is 11.8 Å². The average molecular weight is 334 g/mol. The first-order valence-corrected chi connectivity index (χ1v) is 8.70. The monoisotopic (exact) mass is 334 g/mol. The van der Waals surface area contributed by atoms with E-state index in [1.165, 1.54) is 4.90 Å². The molecule has 3 rings (SSSR count). The summed E-state index contributed by atoms with van der Waals surface area (Å²) in [7, 11) is 0. The fourth-order valence-corrected chi connectivity index (χ4v) is 4.27. The number of nitrogens with zero attached hydrogens (tertiary/aromatic N) is 2. The van der Waals surface area contributed by atoms with Gasteiger partial charge in [0.15, 0.2) is 0 Å². The van der Waals surface area contributed by atoms with Crippen LogP contribution in [0.15, 0.2) is 24.3 Å². The second-order valence-electron chi connectivity index (χ2n) is 5.63. The van der Waals surface area contributed by atoms with Crippen molar-refractivity contribution in [3.63, 3.8) is 0 Å². The predicted octanol–water partition coefficient (Wildman–Crippen LogP) is 1.51. The molecular formula is C16H18N2O4S. The summed E-state index contributed by atoms with van der Waals surface area (Å²) < 4.78 is 0. The van der Waals surface area contributed by atoms with Gasteiger partial charge in [-0.15, -0.1) is 11.8 Å². The lowest BCUT2D eigenvalue weighted by Crippen LogP contribution is -2.49. The molecule has 2 atom stereocenters. The van der Waals surface area contributed by atoms with E-state index in [4.69, 9.17) is 0 Å². The van der Waals surface area contributed by atoms with Crippen molar-refractivity contribution in [2.75, 3.05) is 23.1 Å². The number of benzene rings is 1. The molecule has 1 aromatic rings. The fraction of sp³-hybridized carbons (Fsp3) is 0.438. The SMILES string of the molecule is CCC(=O)N1CSCC1C(=O)N1CC(C(=O)O)c2ccccc21. The molecule has 6 nitrogen and oxygen atoms in total. The van der Waals surface area contributed by atoms with Gasteiger partial charge in [-0.05, 0) is 11.6 Å². The zero-order chi connectivity index (χ0) is 16.6. The van der Waals surface area contributed by atoms with E-state index in [2.05, 4.69) is 0 Å². The van der Waals surface area contributed by atoms with E-state index in [1.807, 2.05) is 0 Å². The van der Waals surface area contributed by atoms with Gasteiger partial charge in [0.05, 0.1) is 5.88 Å². The van der Waals surface area contributed by atoms with Gasteiger partial charge in [-0.2, -0.15) is 0 Å². The Bertz CT molecular complexity index is 663. The van der Waals surface area contributed by atoms with E-state index in [1.54, 1.807) is 47.9 Å². The smallest absolute Gasteiger partial charge is 0.312 e. The van der Waals surface area contributed by atoms with Gasteiger partial charge >= 0.3 is 5.97 Å². The number of hydrogen-bond donors (Lipinski definition) is 1. The summed E-state index contributed by atoms with van der Waals surface area (Å²) in [5, 5.41) is 9.40. The van der Waals surface area contributed by atoms with Gasteiger partial charge < -0.3 is 14.9 Å². The maximum Gasteiger partial charge on any atom is 0.312 e. The van der Waals surface area contributed by atoms with E-state index in [9.17, 15) is 19.5 Å². The van der Waals surface area contributed by atoms with Gasteiger partial charge in [0.1, 0.15) is 12.0 Å². The number of carbonyl (C=O) groups is 3. The van der Waals surface area contributed by atoms with Gasteiger partial charge in [0, 0.05) is 24.4 Å². The Kier molecular flexibility index (Phi) is 4.30. The zero-order valence-corrected chi connectivity index (χ0v) is 13.6. The molecule has 23 heavy (non-hydrogen) atoms. The molecule has 122 valence electrons. The summed E-state index contributed by atoms with van der Waals surface area (Å²) in [6.07, 6.45) is 0.360. The Morgan fingerprint density at radius 2 is 2.04 bits per heavy atom. The Hall–Kier alpha value is -2.02. The van der Waals surface area contributed by atoms with Crippen LogP contribution in [0.5, 0.6) is 0 Å². The molecule has 0 bridgehead atoms. The molecule has 1 saturated heterocycles. The summed E-state index contributed by atoms with van der Waals surface area (Å²) in [6.45, 7) is 1.90. The molecule has 1 aromatic carbocycles. The Morgan fingerprint density at radius 1 is 1.30 bits per heavy atom. The standard InChI is InChI=1S/C16H18N2O4S/c1-2-14(19)18-9-23-8-13(18)15(20)17-7-11(16(21)22)10-5-3-4-6-12(10)17/h3-6,11,13H,2,7-9H2,1H3,(H,21,22). The molecule has 2 aliphatic rings. The van der Waals surface area contributed by atoms with Crippen molar-refractivity contribution in [2.45, 2.75) is 25.3 Å². The van der Waals surface area contributed by atoms with Crippen LogP contribution in [0.3, 0.4) is 0 Å². The lowest BCUT2D eigenvalue weighted by atomic mass is 10.0. The average Bonchev–Trinajstić information content (AvgIpc) is 3.18. The number of para-hydroxylation sites is 1. The van der Waals surface area contributed by atoms with Crippen molar-refractivity contribution in [1.82, 2.24) is 4.90 Å². The molecule has 2 aliphatic heterocycles. The number of amides is 2. The molecule has 0 aliphatic carbocycles. The van der Waals surface area contributed by atoms with Gasteiger partial charge in [0.25, 0.3) is 5.91 Å². The van der Waals surface area contributed by atoms with E-state index in [0.29, 0.717) is 29.3 Å². The van der Waals surface area contributed by atoms with Crippen LogP contribution in [0, 0.1) is 0 Å². The van der Waals surface area contributed by atoms with Crippen LogP contribution in [0.4, 0.5) is 5.69 Å². The minimum atomic E-state index is -0.935. The fourth-order valence-electron chi connectivity index (χ4n) is 3.10. The Morgan fingerprint density at radius 3 is 2.74 bits per heavy atom. The third kappa shape index (κ3) is 2.69. The summed E-state index contributed by atoms with van der Waals surface area (Å²) >= 11 is 1.55. The molecule has 0 saturated carbocycles. The highest BCUT2D eigenvalue weighted by Crippen LogP contribution is 2.37. The van der Waals surface area contributed by atoms with E-state index >= 15 is 0 Å². The third-order valence-electron chi connectivity index (χ3n) is 4.32. The quantitative estimate of drug-likeness (QED) is 0.907. The largest absolute Gasteiger partial charge is 0.481 e. The lowest BCUT2D eigenvalue weighted by Gasteiger charge is -2.27. The van der Waals surface area contributed by atoms with E-state index in [0.717, 1.165) is 0 Å². The van der Waals surface area contributed by atoms with Crippen molar-refractivity contribution < 1.29 is 19.5 Å².